The van der Waals surface area contributed by atoms with Crippen molar-refractivity contribution in [2.45, 2.75) is 6.42 Å². The minimum absolute atomic E-state index is 0.472. The molecule has 3 N–H and O–H groups in total. The molecule has 108 valence electrons. The lowest BCUT2D eigenvalue weighted by molar-refractivity contribution is 0.555. The van der Waals surface area contributed by atoms with Gasteiger partial charge in [0.2, 0.25) is 0 Å². The monoisotopic (exact) mass is 284 g/mol. The van der Waals surface area contributed by atoms with Crippen LogP contribution in [0.25, 0.3) is 11.1 Å². The zero-order valence-corrected chi connectivity index (χ0v) is 11.7. The molecular formula is C15H16N4O2. The second-order valence-corrected chi connectivity index (χ2v) is 4.91. The Morgan fingerprint density at radius 3 is 3.00 bits per heavy atom. The summed E-state index contributed by atoms with van der Waals surface area (Å²) in [6, 6.07) is 9.36. The first kappa shape index (κ1) is 13.2. The van der Waals surface area contributed by atoms with Crippen LogP contribution in [0.15, 0.2) is 45.7 Å². The van der Waals surface area contributed by atoms with Crippen molar-refractivity contribution in [2.75, 3.05) is 24.2 Å². The molecule has 6 nitrogen and oxygen atoms in total. The lowest BCUT2D eigenvalue weighted by Crippen LogP contribution is -2.21. The topological polar surface area (TPSA) is 88.2 Å². The van der Waals surface area contributed by atoms with Crippen LogP contribution >= 0.6 is 0 Å². The molecule has 0 saturated carbocycles. The number of nitrogen functional groups attached to an aromatic ring is 1. The van der Waals surface area contributed by atoms with Crippen molar-refractivity contribution in [2.24, 2.45) is 0 Å². The molecule has 2 heterocycles. The van der Waals surface area contributed by atoms with Crippen molar-refractivity contribution in [3.8, 4) is 0 Å². The van der Waals surface area contributed by atoms with E-state index in [9.17, 15) is 4.79 Å². The Morgan fingerprint density at radius 1 is 1.38 bits per heavy atom. The Bertz CT molecular complexity index is 807. The van der Waals surface area contributed by atoms with Gasteiger partial charge in [-0.15, -0.1) is 0 Å². The van der Waals surface area contributed by atoms with Crippen LogP contribution in [0.1, 0.15) is 5.69 Å². The number of pyridine rings is 1. The van der Waals surface area contributed by atoms with E-state index >= 15 is 0 Å². The van der Waals surface area contributed by atoms with Gasteiger partial charge in [-0.3, -0.25) is 9.97 Å². The van der Waals surface area contributed by atoms with Crippen molar-refractivity contribution >= 4 is 22.5 Å². The summed E-state index contributed by atoms with van der Waals surface area (Å²) in [5.41, 5.74) is 9.61. The summed E-state index contributed by atoms with van der Waals surface area (Å²) in [4.78, 5) is 20.2. The number of rotatable bonds is 4. The van der Waals surface area contributed by atoms with E-state index in [4.69, 9.17) is 10.2 Å². The Kier molecular flexibility index (Phi) is 3.35. The van der Waals surface area contributed by atoms with Gasteiger partial charge in [0, 0.05) is 38.0 Å². The van der Waals surface area contributed by atoms with Gasteiger partial charge in [0.1, 0.15) is 0 Å². The zero-order chi connectivity index (χ0) is 14.8. The van der Waals surface area contributed by atoms with Crippen LogP contribution in [0.4, 0.5) is 11.4 Å². The SMILES string of the molecule is CN(CCc1ccccn1)c1cc2[nH]c(=O)oc2cc1N. The molecule has 6 heteroatoms. The van der Waals surface area contributed by atoms with Crippen LogP contribution in [-0.4, -0.2) is 23.6 Å². The molecule has 0 spiro atoms. The van der Waals surface area contributed by atoms with Crippen molar-refractivity contribution in [3.05, 3.63) is 52.8 Å². The van der Waals surface area contributed by atoms with E-state index in [1.807, 2.05) is 36.2 Å². The number of oxazole rings is 1. The maximum Gasteiger partial charge on any atom is 0.417 e. The second-order valence-electron chi connectivity index (χ2n) is 4.91. The molecule has 1 aromatic carbocycles. The highest BCUT2D eigenvalue weighted by atomic mass is 16.4. The fourth-order valence-corrected chi connectivity index (χ4v) is 2.28. The average molecular weight is 284 g/mol. The highest BCUT2D eigenvalue weighted by Gasteiger charge is 2.10. The fraction of sp³-hybridized carbons (Fsp3) is 0.200. The molecule has 3 rings (SSSR count). The maximum atomic E-state index is 11.2. The summed E-state index contributed by atoms with van der Waals surface area (Å²) >= 11 is 0. The van der Waals surface area contributed by atoms with Crippen molar-refractivity contribution in [1.29, 1.82) is 0 Å². The number of aromatic amines is 1. The van der Waals surface area contributed by atoms with E-state index in [0.29, 0.717) is 16.8 Å². The Balaban J connectivity index is 1.82. The Morgan fingerprint density at radius 2 is 2.24 bits per heavy atom. The van der Waals surface area contributed by atoms with E-state index in [0.717, 1.165) is 24.3 Å². The number of H-pyrrole nitrogens is 1. The molecule has 0 unspecified atom stereocenters. The van der Waals surface area contributed by atoms with Gasteiger partial charge in [0.15, 0.2) is 5.58 Å². The second kappa shape index (κ2) is 5.32. The van der Waals surface area contributed by atoms with Crippen LogP contribution in [0.5, 0.6) is 0 Å². The molecule has 0 bridgehead atoms. The van der Waals surface area contributed by atoms with E-state index in [-0.39, 0.29) is 0 Å². The molecule has 0 fully saturated rings. The van der Waals surface area contributed by atoms with Crippen LogP contribution in [0, 0.1) is 0 Å². The van der Waals surface area contributed by atoms with Crippen molar-refractivity contribution in [3.63, 3.8) is 0 Å². The minimum atomic E-state index is -0.474. The molecule has 0 atom stereocenters. The van der Waals surface area contributed by atoms with Gasteiger partial charge in [-0.05, 0) is 18.2 Å². The summed E-state index contributed by atoms with van der Waals surface area (Å²) in [5.74, 6) is -0.474. The predicted octanol–water partition coefficient (Wildman–Crippen LogP) is 1.78. The molecule has 0 aliphatic rings. The molecule has 0 amide bonds. The number of aromatic nitrogens is 2. The molecule has 21 heavy (non-hydrogen) atoms. The highest BCUT2D eigenvalue weighted by Crippen LogP contribution is 2.27. The quantitative estimate of drug-likeness (QED) is 0.713. The van der Waals surface area contributed by atoms with E-state index in [2.05, 4.69) is 9.97 Å². The van der Waals surface area contributed by atoms with Crippen LogP contribution in [0.3, 0.4) is 0 Å². The summed E-state index contributed by atoms with van der Waals surface area (Å²) in [7, 11) is 1.96. The number of benzene rings is 1. The highest BCUT2D eigenvalue weighted by molar-refractivity contribution is 5.85. The minimum Gasteiger partial charge on any atom is -0.408 e. The summed E-state index contributed by atoms with van der Waals surface area (Å²) in [5, 5.41) is 0. The molecule has 2 aromatic heterocycles. The molecule has 3 aromatic rings. The van der Waals surface area contributed by atoms with Gasteiger partial charge in [-0.2, -0.15) is 0 Å². The van der Waals surface area contributed by atoms with Crippen molar-refractivity contribution in [1.82, 2.24) is 9.97 Å². The van der Waals surface area contributed by atoms with Gasteiger partial charge in [-0.1, -0.05) is 6.07 Å². The maximum absolute atomic E-state index is 11.2. The number of nitrogens with zero attached hydrogens (tertiary/aromatic N) is 2. The summed E-state index contributed by atoms with van der Waals surface area (Å²) in [6.45, 7) is 0.773. The first-order valence-electron chi connectivity index (χ1n) is 6.67. The summed E-state index contributed by atoms with van der Waals surface area (Å²) < 4.78 is 4.99. The lowest BCUT2D eigenvalue weighted by atomic mass is 10.2. The Hall–Kier alpha value is -2.76. The Labute approximate surface area is 121 Å². The lowest BCUT2D eigenvalue weighted by Gasteiger charge is -2.20. The first-order chi connectivity index (χ1) is 10.1. The molecule has 0 saturated heterocycles. The average Bonchev–Trinajstić information content (AvgIpc) is 2.84. The summed E-state index contributed by atoms with van der Waals surface area (Å²) in [6.07, 6.45) is 2.60. The van der Waals surface area contributed by atoms with Crippen LogP contribution in [0.2, 0.25) is 0 Å². The third-order valence-electron chi connectivity index (χ3n) is 3.41. The number of fused-ring (bicyclic) bond motifs is 1. The van der Waals surface area contributed by atoms with Crippen LogP contribution < -0.4 is 16.4 Å². The third-order valence-corrected chi connectivity index (χ3v) is 3.41. The third kappa shape index (κ3) is 2.74. The molecule has 0 aliphatic carbocycles. The molecule has 0 radical (unpaired) electrons. The normalized spacial score (nSPS) is 10.9. The number of nitrogens with two attached hydrogens (primary N) is 1. The van der Waals surface area contributed by atoms with Gasteiger partial charge in [0.05, 0.1) is 16.9 Å². The largest absolute Gasteiger partial charge is 0.417 e. The van der Waals surface area contributed by atoms with Gasteiger partial charge < -0.3 is 15.1 Å². The number of likely N-dealkylation sites (N-methyl/N-ethyl adjacent to an activating group) is 1. The van der Waals surface area contributed by atoms with Crippen LogP contribution in [-0.2, 0) is 6.42 Å². The first-order valence-corrected chi connectivity index (χ1v) is 6.67. The molecular weight excluding hydrogens is 268 g/mol. The van der Waals surface area contributed by atoms with E-state index in [1.165, 1.54) is 0 Å². The number of nitrogens with one attached hydrogen (secondary N) is 1. The zero-order valence-electron chi connectivity index (χ0n) is 11.7. The number of hydrogen-bond acceptors (Lipinski definition) is 5. The van der Waals surface area contributed by atoms with E-state index < -0.39 is 5.76 Å². The van der Waals surface area contributed by atoms with Gasteiger partial charge >= 0.3 is 5.76 Å². The number of anilines is 2. The fourth-order valence-electron chi connectivity index (χ4n) is 2.28. The van der Waals surface area contributed by atoms with Gasteiger partial charge in [0.25, 0.3) is 0 Å². The van der Waals surface area contributed by atoms with Gasteiger partial charge in [-0.25, -0.2) is 4.79 Å². The predicted molar refractivity (Wildman–Crippen MR) is 82.5 cm³/mol. The molecule has 0 aliphatic heterocycles. The van der Waals surface area contributed by atoms with E-state index in [1.54, 1.807) is 12.3 Å². The van der Waals surface area contributed by atoms with Crippen molar-refractivity contribution < 1.29 is 4.42 Å². The standard InChI is InChI=1S/C15H16N4O2/c1-19(7-5-10-4-2-3-6-17-10)13-9-12-14(8-11(13)16)21-15(20)18-12/h2-4,6,8-9H,5,7,16H2,1H3,(H,18,20). The smallest absolute Gasteiger partial charge is 0.408 e. The number of hydrogen-bond donors (Lipinski definition) is 2.